The van der Waals surface area contributed by atoms with Gasteiger partial charge in [0.25, 0.3) is 0 Å². The van der Waals surface area contributed by atoms with Crippen molar-refractivity contribution in [1.82, 2.24) is 0 Å². The molecule has 2 heterocycles. The summed E-state index contributed by atoms with van der Waals surface area (Å²) in [5, 5.41) is 0. The van der Waals surface area contributed by atoms with Crippen molar-refractivity contribution in [2.24, 2.45) is 11.8 Å². The first-order valence-corrected chi connectivity index (χ1v) is 4.19. The Kier molecular flexibility index (Phi) is 1.83. The van der Waals surface area contributed by atoms with E-state index in [2.05, 4.69) is 4.74 Å². The Hall–Kier alpha value is -1.32. The van der Waals surface area contributed by atoms with Crippen LogP contribution < -0.4 is 0 Å². The number of fused-ring (bicyclic) bond motifs is 2. The third-order valence-corrected chi connectivity index (χ3v) is 2.50. The molecule has 1 saturated heterocycles. The minimum absolute atomic E-state index is 0.229. The second-order valence-corrected chi connectivity index (χ2v) is 3.26. The summed E-state index contributed by atoms with van der Waals surface area (Å²) in [6, 6.07) is 0. The normalized spacial score (nSPS) is 35.8. The first-order chi connectivity index (χ1) is 6.22. The van der Waals surface area contributed by atoms with Crippen molar-refractivity contribution in [3.63, 3.8) is 0 Å². The molecule has 0 amide bonds. The lowest BCUT2D eigenvalue weighted by molar-refractivity contribution is -0.169. The fraction of sp³-hybridized carbons (Fsp3) is 0.556. The van der Waals surface area contributed by atoms with Crippen LogP contribution in [0.15, 0.2) is 12.2 Å². The Balaban J connectivity index is 2.17. The summed E-state index contributed by atoms with van der Waals surface area (Å²) in [6.07, 6.45) is 3.67. The van der Waals surface area contributed by atoms with Crippen LogP contribution in [0.1, 0.15) is 6.42 Å². The van der Waals surface area contributed by atoms with E-state index in [9.17, 15) is 9.59 Å². The number of esters is 2. The zero-order valence-corrected chi connectivity index (χ0v) is 7.23. The minimum atomic E-state index is -0.412. The molecule has 3 rings (SSSR count). The second-order valence-electron chi connectivity index (χ2n) is 3.26. The Bertz CT molecular complexity index is 281. The maximum Gasteiger partial charge on any atom is 0.313 e. The molecule has 0 N–H and O–H groups in total. The van der Waals surface area contributed by atoms with E-state index < -0.39 is 6.10 Å². The van der Waals surface area contributed by atoms with Gasteiger partial charge in [0.1, 0.15) is 6.10 Å². The third-order valence-electron chi connectivity index (χ3n) is 2.50. The molecule has 2 aliphatic heterocycles. The lowest BCUT2D eigenvalue weighted by Gasteiger charge is -2.34. The quantitative estimate of drug-likeness (QED) is 0.431. The van der Waals surface area contributed by atoms with E-state index in [1.807, 2.05) is 0 Å². The van der Waals surface area contributed by atoms with Gasteiger partial charge >= 0.3 is 11.9 Å². The predicted molar refractivity (Wildman–Crippen MR) is 42.6 cm³/mol. The van der Waals surface area contributed by atoms with Crippen LogP contribution in [0.4, 0.5) is 0 Å². The Labute approximate surface area is 75.5 Å². The molecule has 0 unspecified atom stereocenters. The van der Waals surface area contributed by atoms with E-state index in [-0.39, 0.29) is 23.8 Å². The van der Waals surface area contributed by atoms with Crippen molar-refractivity contribution in [2.75, 3.05) is 7.11 Å². The first kappa shape index (κ1) is 8.29. The minimum Gasteiger partial charge on any atom is -0.469 e. The molecular weight excluding hydrogens is 172 g/mol. The molecule has 13 heavy (non-hydrogen) atoms. The highest BCUT2D eigenvalue weighted by Gasteiger charge is 2.43. The molecule has 1 fully saturated rings. The highest BCUT2D eigenvalue weighted by atomic mass is 16.6. The molecule has 0 aromatic heterocycles. The average molecular weight is 182 g/mol. The smallest absolute Gasteiger partial charge is 0.313 e. The molecule has 3 aliphatic rings. The van der Waals surface area contributed by atoms with E-state index in [0.29, 0.717) is 6.42 Å². The van der Waals surface area contributed by atoms with Gasteiger partial charge in [0.05, 0.1) is 18.9 Å². The van der Waals surface area contributed by atoms with E-state index in [4.69, 9.17) is 4.74 Å². The number of carbonyl (C=O) groups is 2. The number of methoxy groups -OCH3 is 1. The fourth-order valence-electron chi connectivity index (χ4n) is 1.76. The van der Waals surface area contributed by atoms with Gasteiger partial charge in [-0.1, -0.05) is 6.08 Å². The monoisotopic (exact) mass is 182 g/mol. The van der Waals surface area contributed by atoms with Crippen molar-refractivity contribution in [3.8, 4) is 0 Å². The Morgan fingerprint density at radius 2 is 2.38 bits per heavy atom. The van der Waals surface area contributed by atoms with Gasteiger partial charge in [0.2, 0.25) is 0 Å². The van der Waals surface area contributed by atoms with Crippen LogP contribution in [0, 0.1) is 11.8 Å². The van der Waals surface area contributed by atoms with Crippen LogP contribution in [-0.4, -0.2) is 25.2 Å². The van der Waals surface area contributed by atoms with Gasteiger partial charge in [-0.2, -0.15) is 0 Å². The summed E-state index contributed by atoms with van der Waals surface area (Å²) in [6.45, 7) is 0. The predicted octanol–water partition coefficient (Wildman–Crippen LogP) is 0.277. The maximum atomic E-state index is 11.2. The molecule has 0 spiro atoms. The molecule has 0 saturated carbocycles. The van der Waals surface area contributed by atoms with Crippen LogP contribution in [0.2, 0.25) is 0 Å². The molecule has 70 valence electrons. The lowest BCUT2D eigenvalue weighted by Crippen LogP contribution is -2.44. The number of hydrogen-bond donors (Lipinski definition) is 0. The van der Waals surface area contributed by atoms with Gasteiger partial charge in [-0.3, -0.25) is 9.59 Å². The molecular formula is C9H10O4. The van der Waals surface area contributed by atoms with Crippen molar-refractivity contribution >= 4 is 11.9 Å². The maximum absolute atomic E-state index is 11.2. The summed E-state index contributed by atoms with van der Waals surface area (Å²) < 4.78 is 9.61. The van der Waals surface area contributed by atoms with Gasteiger partial charge in [0, 0.05) is 0 Å². The molecule has 4 nitrogen and oxygen atoms in total. The molecule has 0 radical (unpaired) electrons. The molecule has 0 aromatic carbocycles. The van der Waals surface area contributed by atoms with Crippen LogP contribution >= 0.6 is 0 Å². The van der Waals surface area contributed by atoms with Crippen LogP contribution in [0.3, 0.4) is 0 Å². The second kappa shape index (κ2) is 2.87. The van der Waals surface area contributed by atoms with Crippen molar-refractivity contribution < 1.29 is 19.1 Å². The number of rotatable bonds is 1. The van der Waals surface area contributed by atoms with Gasteiger partial charge < -0.3 is 9.47 Å². The Morgan fingerprint density at radius 1 is 1.62 bits per heavy atom. The van der Waals surface area contributed by atoms with Gasteiger partial charge in [-0.05, 0) is 12.5 Å². The molecule has 4 heteroatoms. The van der Waals surface area contributed by atoms with E-state index >= 15 is 0 Å². The van der Waals surface area contributed by atoms with E-state index in [1.165, 1.54) is 7.11 Å². The number of carbonyl (C=O) groups excluding carboxylic acids is 2. The summed E-state index contributed by atoms with van der Waals surface area (Å²) >= 11 is 0. The van der Waals surface area contributed by atoms with Crippen LogP contribution in [-0.2, 0) is 19.1 Å². The summed E-state index contributed by atoms with van der Waals surface area (Å²) in [5.41, 5.74) is 0. The third kappa shape index (κ3) is 1.22. The van der Waals surface area contributed by atoms with E-state index in [1.54, 1.807) is 12.2 Å². The zero-order chi connectivity index (χ0) is 9.42. The van der Waals surface area contributed by atoms with E-state index in [0.717, 1.165) is 0 Å². The standard InChI is InChI=1S/C9H10O4/c1-12-9(11)6-4-5-2-3-7(6)13-8(5)10/h2-3,5-7H,4H2,1H3/t5-,6-,7+/m1/s1. The van der Waals surface area contributed by atoms with Gasteiger partial charge in [-0.15, -0.1) is 0 Å². The van der Waals surface area contributed by atoms with Gasteiger partial charge in [0.15, 0.2) is 0 Å². The summed E-state index contributed by atoms with van der Waals surface area (Å²) in [7, 11) is 1.34. The first-order valence-electron chi connectivity index (χ1n) is 4.19. The van der Waals surface area contributed by atoms with Crippen LogP contribution in [0.25, 0.3) is 0 Å². The molecule has 1 aliphatic carbocycles. The highest BCUT2D eigenvalue weighted by Crippen LogP contribution is 2.33. The Morgan fingerprint density at radius 3 is 2.85 bits per heavy atom. The highest BCUT2D eigenvalue weighted by molar-refractivity contribution is 5.82. The topological polar surface area (TPSA) is 52.6 Å². The number of hydrogen-bond acceptors (Lipinski definition) is 4. The fourth-order valence-corrected chi connectivity index (χ4v) is 1.76. The molecule has 3 atom stereocenters. The molecule has 0 aromatic rings. The molecule has 2 bridgehead atoms. The SMILES string of the molecule is COC(=O)[C@@H]1C[C@H]2C=C[C@@H]1OC2=O. The van der Waals surface area contributed by atoms with Crippen molar-refractivity contribution in [2.45, 2.75) is 12.5 Å². The number of ether oxygens (including phenoxy) is 2. The summed E-state index contributed by atoms with van der Waals surface area (Å²) in [4.78, 5) is 22.3. The van der Waals surface area contributed by atoms with Crippen molar-refractivity contribution in [1.29, 1.82) is 0 Å². The lowest BCUT2D eigenvalue weighted by atomic mass is 9.82. The largest absolute Gasteiger partial charge is 0.469 e. The zero-order valence-electron chi connectivity index (χ0n) is 7.23. The van der Waals surface area contributed by atoms with Gasteiger partial charge in [-0.25, -0.2) is 0 Å². The summed E-state index contributed by atoms with van der Waals surface area (Å²) in [5.74, 6) is -1.09. The van der Waals surface area contributed by atoms with Crippen LogP contribution in [0.5, 0.6) is 0 Å². The van der Waals surface area contributed by atoms with Crippen molar-refractivity contribution in [3.05, 3.63) is 12.2 Å². The average Bonchev–Trinajstić information content (AvgIpc) is 2.17.